The zero-order chi connectivity index (χ0) is 12.8. The van der Waals surface area contributed by atoms with E-state index in [1.54, 1.807) is 30.3 Å². The van der Waals surface area contributed by atoms with Gasteiger partial charge in [-0.25, -0.2) is 0 Å². The molecule has 3 rings (SSSR count). The molecule has 1 unspecified atom stereocenters. The molecule has 4 heteroatoms. The smallest absolute Gasteiger partial charge is 0.317 e. The topological polar surface area (TPSA) is 26.3 Å². The summed E-state index contributed by atoms with van der Waals surface area (Å²) in [5, 5.41) is 0. The first kappa shape index (κ1) is 11.5. The fraction of sp³-hybridized carbons (Fsp3) is 0.357. The van der Waals surface area contributed by atoms with Crippen LogP contribution in [0.15, 0.2) is 35.9 Å². The van der Waals surface area contributed by atoms with Gasteiger partial charge in [0.2, 0.25) is 0 Å². The Morgan fingerprint density at radius 1 is 1.22 bits per heavy atom. The predicted molar refractivity (Wildman–Crippen MR) is 62.0 cm³/mol. The lowest BCUT2D eigenvalue weighted by atomic mass is 9.93. The molecule has 1 atom stereocenters. The molecule has 0 amide bonds. The summed E-state index contributed by atoms with van der Waals surface area (Å²) in [5.74, 6) is -0.567. The SMILES string of the molecule is O=C1CC2CCOC(F)(F)C2=C1c1ccccc1. The fourth-order valence-corrected chi connectivity index (χ4v) is 2.74. The quantitative estimate of drug-likeness (QED) is 0.765. The minimum atomic E-state index is -3.31. The maximum absolute atomic E-state index is 13.8. The van der Waals surface area contributed by atoms with Gasteiger partial charge in [-0.1, -0.05) is 30.3 Å². The van der Waals surface area contributed by atoms with Gasteiger partial charge in [-0.15, -0.1) is 0 Å². The summed E-state index contributed by atoms with van der Waals surface area (Å²) >= 11 is 0. The number of benzene rings is 1. The molecule has 0 N–H and O–H groups in total. The molecule has 18 heavy (non-hydrogen) atoms. The molecule has 0 aromatic heterocycles. The number of ketones is 1. The monoisotopic (exact) mass is 250 g/mol. The molecular formula is C14H12F2O2. The first-order valence-corrected chi connectivity index (χ1v) is 5.94. The Bertz CT molecular complexity index is 520. The number of fused-ring (bicyclic) bond motifs is 1. The Balaban J connectivity index is 2.17. The summed E-state index contributed by atoms with van der Waals surface area (Å²) in [5.41, 5.74) is 0.598. The molecule has 1 aromatic rings. The minimum absolute atomic E-state index is 0.0104. The molecule has 0 radical (unpaired) electrons. The number of carbonyl (C=O) groups is 1. The van der Waals surface area contributed by atoms with Gasteiger partial charge in [0.15, 0.2) is 5.78 Å². The summed E-state index contributed by atoms with van der Waals surface area (Å²) < 4.78 is 32.2. The lowest BCUT2D eigenvalue weighted by molar-refractivity contribution is -0.228. The molecule has 1 aromatic carbocycles. The maximum Gasteiger partial charge on any atom is 0.380 e. The largest absolute Gasteiger partial charge is 0.380 e. The van der Waals surface area contributed by atoms with Crippen LogP contribution in [-0.4, -0.2) is 18.5 Å². The summed E-state index contributed by atoms with van der Waals surface area (Å²) in [6.45, 7) is 0.0104. The lowest BCUT2D eigenvalue weighted by Crippen LogP contribution is -2.33. The summed E-state index contributed by atoms with van der Waals surface area (Å²) in [6.07, 6.45) is -2.63. The highest BCUT2D eigenvalue weighted by Gasteiger charge is 2.50. The second kappa shape index (κ2) is 3.99. The number of carbonyl (C=O) groups excluding carboxylic acids is 1. The third-order valence-corrected chi connectivity index (χ3v) is 3.51. The van der Waals surface area contributed by atoms with E-state index in [1.165, 1.54) is 0 Å². The normalized spacial score (nSPS) is 26.3. The van der Waals surface area contributed by atoms with E-state index in [4.69, 9.17) is 0 Å². The average Bonchev–Trinajstić information content (AvgIpc) is 2.68. The van der Waals surface area contributed by atoms with Gasteiger partial charge in [0.05, 0.1) is 6.61 Å². The summed E-state index contributed by atoms with van der Waals surface area (Å²) in [4.78, 5) is 12.0. The third-order valence-electron chi connectivity index (χ3n) is 3.51. The molecular weight excluding hydrogens is 238 g/mol. The number of ether oxygens (including phenoxy) is 1. The van der Waals surface area contributed by atoms with Gasteiger partial charge in [0.25, 0.3) is 0 Å². The zero-order valence-electron chi connectivity index (χ0n) is 9.66. The standard InChI is InChI=1S/C14H12F2O2/c15-14(16)13-10(6-7-18-14)8-11(17)12(13)9-4-2-1-3-5-9/h1-5,10H,6-8H2. The van der Waals surface area contributed by atoms with Crippen molar-refractivity contribution in [3.8, 4) is 0 Å². The van der Waals surface area contributed by atoms with Crippen LogP contribution < -0.4 is 0 Å². The molecule has 1 heterocycles. The van der Waals surface area contributed by atoms with E-state index in [-0.39, 0.29) is 35.9 Å². The molecule has 1 fully saturated rings. The van der Waals surface area contributed by atoms with Crippen molar-refractivity contribution in [2.24, 2.45) is 5.92 Å². The van der Waals surface area contributed by atoms with Crippen LogP contribution >= 0.6 is 0 Å². The molecule has 1 aliphatic carbocycles. The third kappa shape index (κ3) is 1.68. The van der Waals surface area contributed by atoms with Crippen LogP contribution in [-0.2, 0) is 9.53 Å². The predicted octanol–water partition coefficient (Wildman–Crippen LogP) is 3.04. The van der Waals surface area contributed by atoms with Crippen LogP contribution in [0, 0.1) is 5.92 Å². The van der Waals surface area contributed by atoms with Crippen LogP contribution in [0.5, 0.6) is 0 Å². The van der Waals surface area contributed by atoms with Crippen molar-refractivity contribution in [2.45, 2.75) is 19.0 Å². The van der Waals surface area contributed by atoms with Crippen molar-refractivity contribution in [3.05, 3.63) is 41.5 Å². The van der Waals surface area contributed by atoms with Gasteiger partial charge >= 0.3 is 6.11 Å². The number of allylic oxidation sites excluding steroid dienone is 1. The number of hydrogen-bond acceptors (Lipinski definition) is 2. The highest BCUT2D eigenvalue weighted by atomic mass is 19.3. The first-order valence-electron chi connectivity index (χ1n) is 5.94. The molecule has 1 aliphatic heterocycles. The fourth-order valence-electron chi connectivity index (χ4n) is 2.74. The van der Waals surface area contributed by atoms with Crippen LogP contribution in [0.2, 0.25) is 0 Å². The van der Waals surface area contributed by atoms with Gasteiger partial charge in [-0.2, -0.15) is 8.78 Å². The lowest BCUT2D eigenvalue weighted by Gasteiger charge is -2.29. The van der Waals surface area contributed by atoms with Gasteiger partial charge in [0, 0.05) is 17.6 Å². The van der Waals surface area contributed by atoms with Crippen LogP contribution in [0.25, 0.3) is 5.57 Å². The molecule has 0 bridgehead atoms. The molecule has 0 saturated carbocycles. The van der Waals surface area contributed by atoms with E-state index in [0.29, 0.717) is 12.0 Å². The Kier molecular flexibility index (Phi) is 2.55. The second-order valence-electron chi connectivity index (χ2n) is 4.63. The van der Waals surface area contributed by atoms with Gasteiger partial charge in [-0.05, 0) is 17.9 Å². The van der Waals surface area contributed by atoms with Crippen molar-refractivity contribution in [1.82, 2.24) is 0 Å². The number of alkyl halides is 2. The van der Waals surface area contributed by atoms with Crippen molar-refractivity contribution in [2.75, 3.05) is 6.61 Å². The number of rotatable bonds is 1. The first-order chi connectivity index (χ1) is 8.59. The van der Waals surface area contributed by atoms with Gasteiger partial charge < -0.3 is 4.74 Å². The Morgan fingerprint density at radius 3 is 2.67 bits per heavy atom. The highest BCUT2D eigenvalue weighted by Crippen LogP contribution is 2.48. The van der Waals surface area contributed by atoms with E-state index in [2.05, 4.69) is 4.74 Å². The van der Waals surface area contributed by atoms with E-state index in [1.807, 2.05) is 0 Å². The van der Waals surface area contributed by atoms with Crippen molar-refractivity contribution < 1.29 is 18.3 Å². The molecule has 1 saturated heterocycles. The summed E-state index contributed by atoms with van der Waals surface area (Å²) in [6, 6.07) is 8.65. The van der Waals surface area contributed by atoms with E-state index >= 15 is 0 Å². The molecule has 2 nitrogen and oxygen atoms in total. The van der Waals surface area contributed by atoms with Crippen molar-refractivity contribution >= 4 is 11.4 Å². The van der Waals surface area contributed by atoms with Crippen LogP contribution in [0.4, 0.5) is 8.78 Å². The number of Topliss-reactive ketones (excluding diaryl/α,β-unsaturated/α-hetero) is 1. The van der Waals surface area contributed by atoms with E-state index in [0.717, 1.165) is 0 Å². The van der Waals surface area contributed by atoms with E-state index in [9.17, 15) is 13.6 Å². The second-order valence-corrected chi connectivity index (χ2v) is 4.63. The van der Waals surface area contributed by atoms with Crippen molar-refractivity contribution in [1.29, 1.82) is 0 Å². The maximum atomic E-state index is 13.8. The Labute approximate surface area is 103 Å². The zero-order valence-corrected chi connectivity index (χ0v) is 9.66. The van der Waals surface area contributed by atoms with Crippen LogP contribution in [0.1, 0.15) is 18.4 Å². The van der Waals surface area contributed by atoms with Crippen molar-refractivity contribution in [3.63, 3.8) is 0 Å². The Hall–Kier alpha value is -1.55. The molecule has 2 aliphatic rings. The minimum Gasteiger partial charge on any atom is -0.317 e. The Morgan fingerprint density at radius 2 is 1.94 bits per heavy atom. The molecule has 94 valence electrons. The number of halogens is 2. The summed E-state index contributed by atoms with van der Waals surface area (Å²) in [7, 11) is 0. The van der Waals surface area contributed by atoms with E-state index < -0.39 is 6.11 Å². The highest BCUT2D eigenvalue weighted by molar-refractivity contribution is 6.24. The van der Waals surface area contributed by atoms with Gasteiger partial charge in [0.1, 0.15) is 0 Å². The van der Waals surface area contributed by atoms with Crippen LogP contribution in [0.3, 0.4) is 0 Å². The number of hydrogen-bond donors (Lipinski definition) is 0. The van der Waals surface area contributed by atoms with Gasteiger partial charge in [-0.3, -0.25) is 4.79 Å². The molecule has 0 spiro atoms. The average molecular weight is 250 g/mol.